The first-order chi connectivity index (χ1) is 3.42. The van der Waals surface area contributed by atoms with Crippen LogP contribution in [0.4, 0.5) is 0 Å². The van der Waals surface area contributed by atoms with Crippen molar-refractivity contribution in [2.45, 2.75) is 14.8 Å². The van der Waals surface area contributed by atoms with E-state index >= 15 is 0 Å². The second-order valence-corrected chi connectivity index (χ2v) is 15.6. The van der Waals surface area contributed by atoms with Gasteiger partial charge in [-0.1, -0.05) is 0 Å². The molecule has 8 heavy (non-hydrogen) atoms. The van der Waals surface area contributed by atoms with Crippen molar-refractivity contribution in [1.29, 1.82) is 0 Å². The second-order valence-electron chi connectivity index (χ2n) is 3.02. The van der Waals surface area contributed by atoms with Gasteiger partial charge in [0.05, 0.1) is 0 Å². The average Bonchev–Trinajstić information content (AvgIpc) is 1.21. The third kappa shape index (κ3) is 6.72. The van der Waals surface area contributed by atoms with Gasteiger partial charge < -0.3 is 0 Å². The van der Waals surface area contributed by atoms with E-state index in [1.807, 2.05) is 14.1 Å². The first-order valence-electron chi connectivity index (χ1n) is 2.78. The van der Waals surface area contributed by atoms with Crippen LogP contribution >= 0.6 is 0 Å². The van der Waals surface area contributed by atoms with E-state index in [-0.39, 0.29) is 0 Å². The van der Waals surface area contributed by atoms with Crippen LogP contribution in [-0.4, -0.2) is 37.9 Å². The van der Waals surface area contributed by atoms with Crippen LogP contribution in [0, 0.1) is 0 Å². The molecule has 0 aromatic rings. The summed E-state index contributed by atoms with van der Waals surface area (Å²) in [5.74, 6) is 0. The van der Waals surface area contributed by atoms with E-state index < -0.39 is 18.8 Å². The first-order valence-corrected chi connectivity index (χ1v) is 12.5. The zero-order valence-corrected chi connectivity index (χ0v) is 9.21. The predicted molar refractivity (Wildman–Crippen MR) is 38.1 cm³/mol. The molecule has 0 N–H and O–H groups in total. The van der Waals surface area contributed by atoms with E-state index in [1.165, 1.54) is 0 Å². The molecule has 0 bridgehead atoms. The van der Waals surface area contributed by atoms with E-state index in [1.54, 1.807) is 5.06 Å². The molecule has 0 fully saturated rings. The summed E-state index contributed by atoms with van der Waals surface area (Å²) >= 11 is -1.93. The van der Waals surface area contributed by atoms with Crippen LogP contribution in [0.3, 0.4) is 0 Å². The molecule has 0 aliphatic rings. The Morgan fingerprint density at radius 2 is 1.50 bits per heavy atom. The molecule has 0 aliphatic heterocycles. The summed E-state index contributed by atoms with van der Waals surface area (Å²) in [6.45, 7) is 0. The Morgan fingerprint density at radius 1 is 1.12 bits per heavy atom. The molecule has 0 spiro atoms. The summed E-state index contributed by atoms with van der Waals surface area (Å²) < 4.78 is 5.48. The van der Waals surface area contributed by atoms with E-state index in [9.17, 15) is 0 Å². The number of nitrogens with zero attached hydrogens (tertiary/aromatic N) is 1. The van der Waals surface area contributed by atoms with Gasteiger partial charge in [-0.25, -0.2) is 0 Å². The number of hydrogen-bond acceptors (Lipinski definition) is 2. The maximum absolute atomic E-state index is 5.48. The van der Waals surface area contributed by atoms with Gasteiger partial charge in [-0.15, -0.1) is 0 Å². The Labute approximate surface area is 56.2 Å². The summed E-state index contributed by atoms with van der Waals surface area (Å²) in [4.78, 5) is 6.69. The van der Waals surface area contributed by atoms with Crippen molar-refractivity contribution in [3.8, 4) is 0 Å². The van der Waals surface area contributed by atoms with Crippen molar-refractivity contribution >= 4 is 18.8 Å². The van der Waals surface area contributed by atoms with Crippen LogP contribution in [0.1, 0.15) is 0 Å². The summed E-state index contributed by atoms with van der Waals surface area (Å²) in [5, 5.41) is 1.80. The van der Waals surface area contributed by atoms with E-state index in [0.29, 0.717) is 0 Å². The molecule has 0 aromatic heterocycles. The topological polar surface area (TPSA) is 12.5 Å². The van der Waals surface area contributed by atoms with Crippen molar-refractivity contribution in [3.05, 3.63) is 0 Å². The molecule has 3 heteroatoms. The minimum absolute atomic E-state index is 1.80. The molecule has 0 unspecified atom stereocenters. The Kier molecular flexibility index (Phi) is 3.31. The molecule has 0 atom stereocenters. The number of rotatable bonds is 2. The molecule has 50 valence electrons. The van der Waals surface area contributed by atoms with E-state index in [4.69, 9.17) is 3.17 Å². The molecule has 0 saturated carbocycles. The predicted octanol–water partition coefficient (Wildman–Crippen LogP) is 1.31. The van der Waals surface area contributed by atoms with Crippen molar-refractivity contribution in [1.82, 2.24) is 5.06 Å². The third-order valence-electron chi connectivity index (χ3n) is 0.456. The van der Waals surface area contributed by atoms with Gasteiger partial charge in [-0.2, -0.15) is 0 Å². The molecule has 2 nitrogen and oxygen atoms in total. The normalized spacial score (nSPS) is 12.8. The monoisotopic (exact) mass is 225 g/mol. The zero-order chi connectivity index (χ0) is 6.78. The zero-order valence-electron chi connectivity index (χ0n) is 6.36. The fraction of sp³-hybridized carbons (Fsp3) is 1.00. The van der Waals surface area contributed by atoms with Crippen LogP contribution in [0.25, 0.3) is 0 Å². The summed E-state index contributed by atoms with van der Waals surface area (Å²) in [5.41, 5.74) is 0. The number of hydroxylamine groups is 2. The van der Waals surface area contributed by atoms with Crippen LogP contribution < -0.4 is 0 Å². The van der Waals surface area contributed by atoms with E-state index in [2.05, 4.69) is 14.8 Å². The van der Waals surface area contributed by atoms with Gasteiger partial charge >= 0.3 is 55.9 Å². The fourth-order valence-corrected chi connectivity index (χ4v) is 3.67. The molecule has 0 amide bonds. The molecular weight excluding hydrogens is 209 g/mol. The van der Waals surface area contributed by atoms with Gasteiger partial charge in [0, 0.05) is 0 Å². The Hall–Kier alpha value is 0.719. The molecule has 0 aromatic carbocycles. The Balaban J connectivity index is 3.39. The van der Waals surface area contributed by atoms with Gasteiger partial charge in [-0.3, -0.25) is 0 Å². The standard InChI is InChI=1S/C2H6NO.3CH3.Sn/c1-3(2)4;;;;/h1-2H3;3*1H3;/q-1;;;;+1. The first kappa shape index (κ1) is 8.72. The van der Waals surface area contributed by atoms with Crippen LogP contribution in [0.15, 0.2) is 0 Å². The van der Waals surface area contributed by atoms with Crippen LogP contribution in [-0.2, 0) is 3.17 Å². The van der Waals surface area contributed by atoms with Gasteiger partial charge in [0.15, 0.2) is 0 Å². The van der Waals surface area contributed by atoms with Crippen molar-refractivity contribution in [3.63, 3.8) is 0 Å². The average molecular weight is 224 g/mol. The van der Waals surface area contributed by atoms with Crippen molar-refractivity contribution in [2.24, 2.45) is 0 Å². The van der Waals surface area contributed by atoms with Crippen LogP contribution in [0.5, 0.6) is 0 Å². The summed E-state index contributed by atoms with van der Waals surface area (Å²) in [6.07, 6.45) is 0. The quantitative estimate of drug-likeness (QED) is 0.517. The van der Waals surface area contributed by atoms with Gasteiger partial charge in [0.1, 0.15) is 0 Å². The van der Waals surface area contributed by atoms with Gasteiger partial charge in [0.25, 0.3) is 0 Å². The fourth-order valence-electron chi connectivity index (χ4n) is 0.548. The molecule has 0 heterocycles. The molecule has 0 rings (SSSR count). The summed E-state index contributed by atoms with van der Waals surface area (Å²) in [6, 6.07) is 0. The van der Waals surface area contributed by atoms with Crippen molar-refractivity contribution in [2.75, 3.05) is 14.1 Å². The van der Waals surface area contributed by atoms with Gasteiger partial charge in [-0.05, 0) is 0 Å². The third-order valence-corrected chi connectivity index (χ3v) is 3.06. The molecular formula is C5H15NOSn. The van der Waals surface area contributed by atoms with Crippen LogP contribution in [0.2, 0.25) is 14.8 Å². The minimum atomic E-state index is -1.93. The molecule has 0 radical (unpaired) electrons. The van der Waals surface area contributed by atoms with Gasteiger partial charge in [0.2, 0.25) is 0 Å². The second kappa shape index (κ2) is 3.03. The Morgan fingerprint density at radius 3 is 1.50 bits per heavy atom. The maximum atomic E-state index is 5.48. The number of hydrogen-bond donors (Lipinski definition) is 0. The van der Waals surface area contributed by atoms with Crippen molar-refractivity contribution < 1.29 is 3.17 Å². The SMILES string of the molecule is CN(C)[O][Sn]([CH3])([CH3])[CH3]. The van der Waals surface area contributed by atoms with E-state index in [0.717, 1.165) is 0 Å². The molecule has 0 aliphatic carbocycles. The Bertz CT molecular complexity index is 67.3. The summed E-state index contributed by atoms with van der Waals surface area (Å²) in [7, 11) is 3.87. The molecule has 0 saturated heterocycles.